The van der Waals surface area contributed by atoms with Gasteiger partial charge in [-0.3, -0.25) is 0 Å². The van der Waals surface area contributed by atoms with Crippen molar-refractivity contribution in [2.45, 2.75) is 6.92 Å². The van der Waals surface area contributed by atoms with E-state index in [9.17, 15) is 0 Å². The number of hydrogen-bond acceptors (Lipinski definition) is 2. The molecule has 2 aromatic heterocycles. The van der Waals surface area contributed by atoms with Crippen LogP contribution in [0.3, 0.4) is 0 Å². The Labute approximate surface area is 311 Å². The van der Waals surface area contributed by atoms with E-state index in [1.807, 2.05) is 6.07 Å². The smallest absolute Gasteiger partial charge is 0.159 e. The summed E-state index contributed by atoms with van der Waals surface area (Å²) in [5, 5.41) is 9.76. The van der Waals surface area contributed by atoms with Gasteiger partial charge < -0.3 is 13.9 Å². The molecule has 11 aromatic rings. The highest BCUT2D eigenvalue weighted by atomic mass is 16.3. The van der Waals surface area contributed by atoms with E-state index in [-0.39, 0.29) is 0 Å². The normalized spacial score (nSPS) is 12.2. The van der Waals surface area contributed by atoms with Crippen LogP contribution in [0.15, 0.2) is 180 Å². The summed E-state index contributed by atoms with van der Waals surface area (Å²) in [4.78, 5) is 2.36. The average Bonchev–Trinajstić information content (AvgIpc) is 3.77. The predicted octanol–water partition coefficient (Wildman–Crippen LogP) is 14.4. The fraction of sp³-hybridized carbons (Fsp3) is 0.0196. The van der Waals surface area contributed by atoms with E-state index in [4.69, 9.17) is 4.42 Å². The first-order valence-corrected chi connectivity index (χ1v) is 18.6. The Bertz CT molecular complexity index is 3310. The molecule has 252 valence electrons. The van der Waals surface area contributed by atoms with Crippen molar-refractivity contribution in [2.75, 3.05) is 4.90 Å². The summed E-state index contributed by atoms with van der Waals surface area (Å²) >= 11 is 0. The number of hydrogen-bond donors (Lipinski definition) is 0. The van der Waals surface area contributed by atoms with E-state index in [2.05, 4.69) is 186 Å². The molecule has 0 atom stereocenters. The number of para-hydroxylation sites is 5. The third-order valence-electron chi connectivity index (χ3n) is 11.6. The van der Waals surface area contributed by atoms with Crippen LogP contribution in [0.1, 0.15) is 5.56 Å². The van der Waals surface area contributed by atoms with Crippen LogP contribution in [0.4, 0.5) is 17.1 Å². The molecule has 3 nitrogen and oxygen atoms in total. The second kappa shape index (κ2) is 11.0. The third-order valence-corrected chi connectivity index (χ3v) is 11.6. The number of aryl methyl sites for hydroxylation is 1. The molecular weight excluding hydrogens is 657 g/mol. The van der Waals surface area contributed by atoms with Gasteiger partial charge in [0.25, 0.3) is 0 Å². The molecule has 0 spiro atoms. The minimum atomic E-state index is 0.889. The van der Waals surface area contributed by atoms with E-state index in [1.54, 1.807) is 0 Å². The first-order valence-electron chi connectivity index (χ1n) is 18.6. The fourth-order valence-electron chi connectivity index (χ4n) is 9.01. The highest BCUT2D eigenvalue weighted by molar-refractivity contribution is 6.14. The van der Waals surface area contributed by atoms with Crippen molar-refractivity contribution >= 4 is 82.4 Å². The average molecular weight is 689 g/mol. The third kappa shape index (κ3) is 4.12. The zero-order valence-electron chi connectivity index (χ0n) is 29.5. The molecular formula is C51H32N2O. The lowest BCUT2D eigenvalue weighted by molar-refractivity contribution is 0.669. The van der Waals surface area contributed by atoms with Crippen molar-refractivity contribution < 1.29 is 4.42 Å². The largest absolute Gasteiger partial charge is 0.454 e. The van der Waals surface area contributed by atoms with Gasteiger partial charge >= 0.3 is 0 Å². The predicted molar refractivity (Wildman–Crippen MR) is 227 cm³/mol. The van der Waals surface area contributed by atoms with Crippen LogP contribution < -0.4 is 4.90 Å². The lowest BCUT2D eigenvalue weighted by Crippen LogP contribution is -2.11. The topological polar surface area (TPSA) is 21.3 Å². The SMILES string of the molecule is Cc1ccccc1N(c1ccc2cc3c(cc2c1)-c1cc2cc(-n4c5ccccc5c5ccccc54)ccc2cc1-3)c1cccc2c1oc1ccccc12. The van der Waals surface area contributed by atoms with Crippen LogP contribution in [0, 0.1) is 6.92 Å². The van der Waals surface area contributed by atoms with Gasteiger partial charge in [-0.1, -0.05) is 97.1 Å². The molecule has 0 fully saturated rings. The van der Waals surface area contributed by atoms with Gasteiger partial charge in [0.15, 0.2) is 5.58 Å². The van der Waals surface area contributed by atoms with Crippen LogP contribution >= 0.6 is 0 Å². The molecule has 12 rings (SSSR count). The Hall–Kier alpha value is -7.10. The molecule has 0 aliphatic heterocycles. The number of aromatic nitrogens is 1. The molecule has 2 heterocycles. The summed E-state index contributed by atoms with van der Waals surface area (Å²) in [6.45, 7) is 2.18. The van der Waals surface area contributed by atoms with Crippen molar-refractivity contribution in [1.29, 1.82) is 0 Å². The van der Waals surface area contributed by atoms with Gasteiger partial charge in [0.2, 0.25) is 0 Å². The second-order valence-electron chi connectivity index (χ2n) is 14.6. The van der Waals surface area contributed by atoms with Crippen LogP contribution in [0.2, 0.25) is 0 Å². The minimum Gasteiger partial charge on any atom is -0.454 e. The molecule has 0 unspecified atom stereocenters. The number of benzene rings is 9. The Morgan fingerprint density at radius 3 is 1.70 bits per heavy atom. The molecule has 0 saturated carbocycles. The summed E-state index contributed by atoms with van der Waals surface area (Å²) in [5.74, 6) is 0. The molecule has 54 heavy (non-hydrogen) atoms. The van der Waals surface area contributed by atoms with E-state index < -0.39 is 0 Å². The maximum Gasteiger partial charge on any atom is 0.159 e. The van der Waals surface area contributed by atoms with Crippen molar-refractivity contribution in [3.05, 3.63) is 181 Å². The van der Waals surface area contributed by atoms with Gasteiger partial charge in [0.05, 0.1) is 16.7 Å². The van der Waals surface area contributed by atoms with Gasteiger partial charge in [-0.2, -0.15) is 0 Å². The van der Waals surface area contributed by atoms with Crippen LogP contribution in [0.25, 0.3) is 93.2 Å². The second-order valence-corrected chi connectivity index (χ2v) is 14.6. The summed E-state index contributed by atoms with van der Waals surface area (Å²) in [7, 11) is 0. The molecule has 0 radical (unpaired) electrons. The Morgan fingerprint density at radius 2 is 0.981 bits per heavy atom. The molecule has 0 saturated heterocycles. The van der Waals surface area contributed by atoms with Gasteiger partial charge in [0.1, 0.15) is 5.58 Å². The van der Waals surface area contributed by atoms with E-state index in [0.717, 1.165) is 39.0 Å². The number of rotatable bonds is 4. The lowest BCUT2D eigenvalue weighted by Gasteiger charge is -2.28. The van der Waals surface area contributed by atoms with Gasteiger partial charge in [-0.05, 0) is 135 Å². The molecule has 1 aliphatic carbocycles. The maximum atomic E-state index is 6.58. The first-order chi connectivity index (χ1) is 26.7. The number of furan rings is 1. The van der Waals surface area contributed by atoms with Gasteiger partial charge in [-0.25, -0.2) is 0 Å². The zero-order valence-corrected chi connectivity index (χ0v) is 29.5. The van der Waals surface area contributed by atoms with E-state index in [0.29, 0.717) is 0 Å². The van der Waals surface area contributed by atoms with Gasteiger partial charge in [0, 0.05) is 38.6 Å². The molecule has 9 aromatic carbocycles. The van der Waals surface area contributed by atoms with E-state index in [1.165, 1.54) is 76.9 Å². The highest BCUT2D eigenvalue weighted by Crippen LogP contribution is 2.51. The summed E-state index contributed by atoms with van der Waals surface area (Å²) in [6.07, 6.45) is 0. The fourth-order valence-corrected chi connectivity index (χ4v) is 9.01. The minimum absolute atomic E-state index is 0.889. The number of fused-ring (bicyclic) bond motifs is 12. The van der Waals surface area contributed by atoms with Crippen molar-refractivity contribution in [3.63, 3.8) is 0 Å². The molecule has 0 amide bonds. The molecule has 0 N–H and O–H groups in total. The van der Waals surface area contributed by atoms with Gasteiger partial charge in [-0.15, -0.1) is 0 Å². The maximum absolute atomic E-state index is 6.58. The number of anilines is 3. The number of nitrogens with zero attached hydrogens (tertiary/aromatic N) is 2. The summed E-state index contributed by atoms with van der Waals surface area (Å²) in [5.41, 5.74) is 15.1. The molecule has 1 aliphatic rings. The van der Waals surface area contributed by atoms with Crippen LogP contribution in [-0.2, 0) is 0 Å². The summed E-state index contributed by atoms with van der Waals surface area (Å²) < 4.78 is 8.99. The van der Waals surface area contributed by atoms with Crippen molar-refractivity contribution in [1.82, 2.24) is 4.57 Å². The Balaban J connectivity index is 0.999. The standard InChI is InChI=1S/C51H32N2O/c1-31-11-2-6-16-46(31)52(49-19-10-15-41-40-14-5-9-20-50(40)54-51(41)49)36-23-21-32-27-42-43-28-33-22-24-37(26-35(33)30-45(43)44(42)29-34(32)25-36)53-47-17-7-3-12-38(47)39-13-4-8-18-48(39)53/h2-30H,1H3. The van der Waals surface area contributed by atoms with Crippen LogP contribution in [-0.4, -0.2) is 4.57 Å². The quantitative estimate of drug-likeness (QED) is 0.184. The zero-order chi connectivity index (χ0) is 35.5. The van der Waals surface area contributed by atoms with E-state index >= 15 is 0 Å². The van der Waals surface area contributed by atoms with Crippen LogP contribution in [0.5, 0.6) is 0 Å². The lowest BCUT2D eigenvalue weighted by atomic mass is 9.78. The summed E-state index contributed by atoms with van der Waals surface area (Å²) in [6, 6.07) is 64.1. The first kappa shape index (κ1) is 29.5. The Morgan fingerprint density at radius 1 is 0.426 bits per heavy atom. The Kier molecular flexibility index (Phi) is 5.98. The van der Waals surface area contributed by atoms with Crippen molar-refractivity contribution in [3.8, 4) is 27.9 Å². The molecule has 0 bridgehead atoms. The van der Waals surface area contributed by atoms with Crippen molar-refractivity contribution in [2.24, 2.45) is 0 Å². The highest BCUT2D eigenvalue weighted by Gasteiger charge is 2.25. The monoisotopic (exact) mass is 688 g/mol. The molecule has 3 heteroatoms.